The molecule has 1 nitrogen and oxygen atoms in total. The van der Waals surface area contributed by atoms with Crippen molar-refractivity contribution >= 4 is 11.6 Å². The maximum Gasteiger partial charge on any atom is 0.0438 e. The first-order valence-electron chi connectivity index (χ1n) is 6.10. The maximum absolute atomic E-state index is 6.59. The van der Waals surface area contributed by atoms with Crippen molar-refractivity contribution in [3.63, 3.8) is 0 Å². The van der Waals surface area contributed by atoms with E-state index in [-0.39, 0.29) is 5.54 Å². The quantitative estimate of drug-likeness (QED) is 0.783. The van der Waals surface area contributed by atoms with Crippen molar-refractivity contribution < 1.29 is 0 Å². The minimum Gasteiger partial charge on any atom is -0.321 e. The average molecular weight is 238 g/mol. The molecule has 2 heteroatoms. The fraction of sp³-hybridized carbons (Fsp3) is 0.571. The average Bonchev–Trinajstić information content (AvgIpc) is 2.25. The fourth-order valence-electron chi connectivity index (χ4n) is 3.02. The number of hydrogen-bond acceptors (Lipinski definition) is 1. The highest BCUT2D eigenvalue weighted by Gasteiger charge is 2.32. The SMILES string of the molecule is Cc1ccc(Cl)c(C)c1C1(N)CCCCC1. The van der Waals surface area contributed by atoms with Crippen LogP contribution < -0.4 is 5.73 Å². The Morgan fingerprint density at radius 1 is 1.12 bits per heavy atom. The van der Waals surface area contributed by atoms with Crippen molar-refractivity contribution in [3.8, 4) is 0 Å². The zero-order valence-electron chi connectivity index (χ0n) is 10.1. The summed E-state index contributed by atoms with van der Waals surface area (Å²) in [5.74, 6) is 0. The van der Waals surface area contributed by atoms with Crippen LogP contribution in [0.1, 0.15) is 48.8 Å². The normalized spacial score (nSPS) is 19.8. The summed E-state index contributed by atoms with van der Waals surface area (Å²) >= 11 is 6.21. The van der Waals surface area contributed by atoms with Gasteiger partial charge < -0.3 is 5.73 Å². The Balaban J connectivity index is 2.49. The van der Waals surface area contributed by atoms with E-state index in [1.165, 1.54) is 36.0 Å². The third-order valence-electron chi connectivity index (χ3n) is 3.85. The first-order valence-corrected chi connectivity index (χ1v) is 6.47. The molecule has 16 heavy (non-hydrogen) atoms. The molecule has 0 bridgehead atoms. The van der Waals surface area contributed by atoms with Crippen LogP contribution in [0.25, 0.3) is 0 Å². The summed E-state index contributed by atoms with van der Waals surface area (Å²) in [6.45, 7) is 4.23. The number of rotatable bonds is 1. The van der Waals surface area contributed by atoms with Crippen LogP contribution in [0.4, 0.5) is 0 Å². The Kier molecular flexibility index (Phi) is 3.27. The molecular weight excluding hydrogens is 218 g/mol. The lowest BCUT2D eigenvalue weighted by atomic mass is 9.74. The first-order chi connectivity index (χ1) is 7.54. The van der Waals surface area contributed by atoms with E-state index in [4.69, 9.17) is 17.3 Å². The Hall–Kier alpha value is -0.530. The Labute approximate surface area is 103 Å². The highest BCUT2D eigenvalue weighted by molar-refractivity contribution is 6.31. The van der Waals surface area contributed by atoms with Gasteiger partial charge in [-0.15, -0.1) is 0 Å². The molecule has 1 aliphatic rings. The summed E-state index contributed by atoms with van der Waals surface area (Å²) in [5.41, 5.74) is 10.2. The molecule has 2 rings (SSSR count). The summed E-state index contributed by atoms with van der Waals surface area (Å²) in [7, 11) is 0. The molecule has 1 fully saturated rings. The number of benzene rings is 1. The van der Waals surface area contributed by atoms with Crippen LogP contribution in [0.5, 0.6) is 0 Å². The number of hydrogen-bond donors (Lipinski definition) is 1. The highest BCUT2D eigenvalue weighted by Crippen LogP contribution is 2.39. The van der Waals surface area contributed by atoms with Crippen molar-refractivity contribution in [1.29, 1.82) is 0 Å². The second-order valence-corrected chi connectivity index (χ2v) is 5.49. The topological polar surface area (TPSA) is 26.0 Å². The van der Waals surface area contributed by atoms with Gasteiger partial charge in [0.2, 0.25) is 0 Å². The van der Waals surface area contributed by atoms with E-state index >= 15 is 0 Å². The van der Waals surface area contributed by atoms with Crippen LogP contribution in [0.2, 0.25) is 5.02 Å². The van der Waals surface area contributed by atoms with Crippen LogP contribution in [-0.4, -0.2) is 0 Å². The van der Waals surface area contributed by atoms with E-state index in [1.54, 1.807) is 0 Å². The number of aryl methyl sites for hydroxylation is 1. The lowest BCUT2D eigenvalue weighted by molar-refractivity contribution is 0.300. The van der Waals surface area contributed by atoms with Crippen LogP contribution in [-0.2, 0) is 5.54 Å². The Bertz CT molecular complexity index is 392. The molecule has 0 saturated heterocycles. The number of nitrogens with two attached hydrogens (primary N) is 1. The molecule has 1 aromatic rings. The van der Waals surface area contributed by atoms with Gasteiger partial charge >= 0.3 is 0 Å². The van der Waals surface area contributed by atoms with Gasteiger partial charge in [0, 0.05) is 10.6 Å². The molecule has 0 radical (unpaired) electrons. The second-order valence-electron chi connectivity index (χ2n) is 5.08. The third-order valence-corrected chi connectivity index (χ3v) is 4.26. The van der Waals surface area contributed by atoms with E-state index in [9.17, 15) is 0 Å². The van der Waals surface area contributed by atoms with E-state index in [0.29, 0.717) is 0 Å². The second kappa shape index (κ2) is 4.38. The van der Waals surface area contributed by atoms with E-state index in [2.05, 4.69) is 19.9 Å². The van der Waals surface area contributed by atoms with Gasteiger partial charge in [-0.2, -0.15) is 0 Å². The zero-order valence-corrected chi connectivity index (χ0v) is 10.9. The van der Waals surface area contributed by atoms with Gasteiger partial charge in [-0.1, -0.05) is 36.9 Å². The zero-order chi connectivity index (χ0) is 11.8. The van der Waals surface area contributed by atoms with Crippen molar-refractivity contribution in [2.24, 2.45) is 5.73 Å². The van der Waals surface area contributed by atoms with Crippen LogP contribution in [0.15, 0.2) is 12.1 Å². The Morgan fingerprint density at radius 3 is 2.38 bits per heavy atom. The molecule has 0 heterocycles. The van der Waals surface area contributed by atoms with Crippen molar-refractivity contribution in [3.05, 3.63) is 33.8 Å². The lowest BCUT2D eigenvalue weighted by Crippen LogP contribution is -2.40. The molecular formula is C14H20ClN. The van der Waals surface area contributed by atoms with Gasteiger partial charge in [-0.3, -0.25) is 0 Å². The van der Waals surface area contributed by atoms with E-state index < -0.39 is 0 Å². The summed E-state index contributed by atoms with van der Waals surface area (Å²) in [6.07, 6.45) is 5.98. The molecule has 0 atom stereocenters. The molecule has 1 aromatic carbocycles. The molecule has 2 N–H and O–H groups in total. The minimum atomic E-state index is -0.142. The Morgan fingerprint density at radius 2 is 1.75 bits per heavy atom. The summed E-state index contributed by atoms with van der Waals surface area (Å²) < 4.78 is 0. The largest absolute Gasteiger partial charge is 0.321 e. The van der Waals surface area contributed by atoms with E-state index in [0.717, 1.165) is 17.9 Å². The molecule has 0 amide bonds. The highest BCUT2D eigenvalue weighted by atomic mass is 35.5. The summed E-state index contributed by atoms with van der Waals surface area (Å²) in [5, 5.41) is 0.844. The smallest absolute Gasteiger partial charge is 0.0438 e. The number of halogens is 1. The summed E-state index contributed by atoms with van der Waals surface area (Å²) in [6, 6.07) is 4.07. The fourth-order valence-corrected chi connectivity index (χ4v) is 3.18. The predicted molar refractivity (Wildman–Crippen MR) is 69.9 cm³/mol. The molecule has 0 aliphatic heterocycles. The summed E-state index contributed by atoms with van der Waals surface area (Å²) in [4.78, 5) is 0. The molecule has 1 saturated carbocycles. The molecule has 0 spiro atoms. The van der Waals surface area contributed by atoms with Gasteiger partial charge in [0.05, 0.1) is 0 Å². The van der Waals surface area contributed by atoms with Crippen LogP contribution in [0.3, 0.4) is 0 Å². The van der Waals surface area contributed by atoms with Gasteiger partial charge in [0.15, 0.2) is 0 Å². The maximum atomic E-state index is 6.59. The standard InChI is InChI=1S/C14H20ClN/c1-10-6-7-12(15)11(2)13(10)14(16)8-4-3-5-9-14/h6-7H,3-5,8-9,16H2,1-2H3. The van der Waals surface area contributed by atoms with Crippen molar-refractivity contribution in [1.82, 2.24) is 0 Å². The van der Waals surface area contributed by atoms with Gasteiger partial charge in [-0.25, -0.2) is 0 Å². The van der Waals surface area contributed by atoms with Gasteiger partial charge in [0.25, 0.3) is 0 Å². The third kappa shape index (κ3) is 1.99. The van der Waals surface area contributed by atoms with Crippen molar-refractivity contribution in [2.75, 3.05) is 0 Å². The first kappa shape index (κ1) is 11.9. The van der Waals surface area contributed by atoms with Crippen LogP contribution >= 0.6 is 11.6 Å². The van der Waals surface area contributed by atoms with Crippen molar-refractivity contribution in [2.45, 2.75) is 51.5 Å². The molecule has 1 aliphatic carbocycles. The monoisotopic (exact) mass is 237 g/mol. The van der Waals surface area contributed by atoms with Gasteiger partial charge in [-0.05, 0) is 49.4 Å². The minimum absolute atomic E-state index is 0.142. The molecule has 0 unspecified atom stereocenters. The predicted octanol–water partition coefficient (Wildman–Crippen LogP) is 4.07. The van der Waals surface area contributed by atoms with Gasteiger partial charge in [0.1, 0.15) is 0 Å². The van der Waals surface area contributed by atoms with Crippen LogP contribution in [0, 0.1) is 13.8 Å². The van der Waals surface area contributed by atoms with E-state index in [1.807, 2.05) is 6.07 Å². The lowest BCUT2D eigenvalue weighted by Gasteiger charge is -2.36. The molecule has 88 valence electrons. The molecule has 0 aromatic heterocycles.